The Labute approximate surface area is 98.1 Å². The zero-order valence-electron chi connectivity index (χ0n) is 9.43. The Kier molecular flexibility index (Phi) is 3.09. The summed E-state index contributed by atoms with van der Waals surface area (Å²) in [5.41, 5.74) is 0.714. The second kappa shape index (κ2) is 4.69. The Morgan fingerprint density at radius 1 is 1.35 bits per heavy atom. The van der Waals surface area contributed by atoms with E-state index in [1.54, 1.807) is 12.1 Å². The normalized spacial score (nSPS) is 10.2. The number of nitrogens with one attached hydrogen (secondary N) is 2. The highest BCUT2D eigenvalue weighted by molar-refractivity contribution is 5.92. The van der Waals surface area contributed by atoms with Gasteiger partial charge in [-0.1, -0.05) is 18.2 Å². The minimum atomic E-state index is -0.278. The number of hydrogen-bond donors (Lipinski definition) is 2. The Hall–Kier alpha value is -2.30. The number of para-hydroxylation sites is 1. The predicted molar refractivity (Wildman–Crippen MR) is 64.4 cm³/mol. The van der Waals surface area contributed by atoms with Crippen LogP contribution in [0.5, 0.6) is 0 Å². The zero-order valence-corrected chi connectivity index (χ0v) is 9.43. The fraction of sp³-hybridized carbons (Fsp3) is 0.167. The topological polar surface area (TPSA) is 66.9 Å². The molecule has 2 aromatic rings. The summed E-state index contributed by atoms with van der Waals surface area (Å²) >= 11 is 0. The van der Waals surface area contributed by atoms with E-state index in [2.05, 4.69) is 10.4 Å². The van der Waals surface area contributed by atoms with Crippen molar-refractivity contribution >= 4 is 5.91 Å². The molecule has 5 heteroatoms. The lowest BCUT2D eigenvalue weighted by molar-refractivity contribution is 0.0950. The van der Waals surface area contributed by atoms with Crippen molar-refractivity contribution in [3.8, 4) is 5.69 Å². The van der Waals surface area contributed by atoms with Gasteiger partial charge in [-0.05, 0) is 19.1 Å². The molecular formula is C12H13N3O2. The van der Waals surface area contributed by atoms with Gasteiger partial charge in [0.05, 0.1) is 5.69 Å². The highest BCUT2D eigenvalue weighted by Crippen LogP contribution is 2.03. The molecule has 0 unspecified atom stereocenters. The minimum Gasteiger partial charge on any atom is -0.351 e. The van der Waals surface area contributed by atoms with E-state index in [0.717, 1.165) is 0 Å². The first-order valence-corrected chi connectivity index (χ1v) is 5.38. The van der Waals surface area contributed by atoms with Gasteiger partial charge >= 0.3 is 0 Å². The van der Waals surface area contributed by atoms with Gasteiger partial charge in [0.1, 0.15) is 5.69 Å². The molecule has 88 valence electrons. The third-order valence-electron chi connectivity index (χ3n) is 2.32. The number of amides is 1. The molecule has 0 saturated carbocycles. The van der Waals surface area contributed by atoms with E-state index in [1.165, 1.54) is 10.7 Å². The van der Waals surface area contributed by atoms with Crippen LogP contribution >= 0.6 is 0 Å². The molecule has 2 rings (SSSR count). The molecule has 0 radical (unpaired) electrons. The third-order valence-corrected chi connectivity index (χ3v) is 2.32. The van der Waals surface area contributed by atoms with Crippen LogP contribution in [0.3, 0.4) is 0 Å². The molecule has 17 heavy (non-hydrogen) atoms. The van der Waals surface area contributed by atoms with Gasteiger partial charge in [-0.3, -0.25) is 14.7 Å². The van der Waals surface area contributed by atoms with Crippen molar-refractivity contribution in [2.75, 3.05) is 6.54 Å². The molecule has 2 N–H and O–H groups in total. The van der Waals surface area contributed by atoms with E-state index in [9.17, 15) is 9.59 Å². The first-order chi connectivity index (χ1) is 8.22. The summed E-state index contributed by atoms with van der Waals surface area (Å²) in [4.78, 5) is 23.2. The van der Waals surface area contributed by atoms with Crippen LogP contribution in [0.1, 0.15) is 17.4 Å². The molecule has 0 saturated heterocycles. The molecule has 0 bridgehead atoms. The third kappa shape index (κ3) is 2.28. The van der Waals surface area contributed by atoms with Gasteiger partial charge in [-0.25, -0.2) is 4.68 Å². The van der Waals surface area contributed by atoms with E-state index >= 15 is 0 Å². The van der Waals surface area contributed by atoms with E-state index in [4.69, 9.17) is 0 Å². The average Bonchev–Trinajstić information content (AvgIpc) is 2.73. The number of aromatic amines is 1. The number of hydrogen-bond acceptors (Lipinski definition) is 2. The molecule has 0 aliphatic rings. The van der Waals surface area contributed by atoms with Crippen LogP contribution in [0.15, 0.2) is 41.2 Å². The lowest BCUT2D eigenvalue weighted by Gasteiger charge is -2.01. The summed E-state index contributed by atoms with van der Waals surface area (Å²) in [5.74, 6) is -0.278. The maximum atomic E-state index is 11.7. The zero-order chi connectivity index (χ0) is 12.3. The molecule has 5 nitrogen and oxygen atoms in total. The average molecular weight is 231 g/mol. The highest BCUT2D eigenvalue weighted by atomic mass is 16.2. The van der Waals surface area contributed by atoms with E-state index in [1.807, 2.05) is 25.1 Å². The molecule has 0 fully saturated rings. The second-order valence-corrected chi connectivity index (χ2v) is 3.54. The Morgan fingerprint density at radius 3 is 2.71 bits per heavy atom. The molecule has 1 heterocycles. The fourth-order valence-corrected chi connectivity index (χ4v) is 1.54. The number of aromatic nitrogens is 2. The number of rotatable bonds is 3. The molecule has 0 atom stereocenters. The van der Waals surface area contributed by atoms with Crippen LogP contribution in [0.4, 0.5) is 0 Å². The van der Waals surface area contributed by atoms with E-state index in [0.29, 0.717) is 12.2 Å². The fourth-order valence-electron chi connectivity index (χ4n) is 1.54. The number of carbonyl (C=O) groups is 1. The highest BCUT2D eigenvalue weighted by Gasteiger charge is 2.10. The Morgan fingerprint density at radius 2 is 2.06 bits per heavy atom. The van der Waals surface area contributed by atoms with Gasteiger partial charge in [-0.2, -0.15) is 0 Å². The van der Waals surface area contributed by atoms with Crippen LogP contribution in [-0.4, -0.2) is 22.2 Å². The lowest BCUT2D eigenvalue weighted by atomic mass is 10.3. The van der Waals surface area contributed by atoms with Gasteiger partial charge in [0.2, 0.25) is 0 Å². The van der Waals surface area contributed by atoms with E-state index in [-0.39, 0.29) is 17.2 Å². The standard InChI is InChI=1S/C12H13N3O2/c1-2-13-12(17)10-8-11(16)15(14-10)9-6-4-3-5-7-9/h3-8,14H,2H2,1H3,(H,13,17). The maximum absolute atomic E-state index is 11.7. The summed E-state index contributed by atoms with van der Waals surface area (Å²) < 4.78 is 1.34. The van der Waals surface area contributed by atoms with Crippen molar-refractivity contribution in [3.05, 3.63) is 52.4 Å². The Bertz CT molecular complexity index is 569. The second-order valence-electron chi connectivity index (χ2n) is 3.54. The van der Waals surface area contributed by atoms with Crippen molar-refractivity contribution in [2.45, 2.75) is 6.92 Å². The van der Waals surface area contributed by atoms with Gasteiger partial charge in [0.15, 0.2) is 0 Å². The number of benzene rings is 1. The van der Waals surface area contributed by atoms with Gasteiger partial charge < -0.3 is 5.32 Å². The number of nitrogens with zero attached hydrogens (tertiary/aromatic N) is 1. The SMILES string of the molecule is CCNC(=O)c1cc(=O)n(-c2ccccc2)[nH]1. The molecule has 1 aromatic heterocycles. The smallest absolute Gasteiger partial charge is 0.271 e. The molecule has 0 spiro atoms. The van der Waals surface area contributed by atoms with Crippen molar-refractivity contribution < 1.29 is 4.79 Å². The van der Waals surface area contributed by atoms with Crippen molar-refractivity contribution in [1.29, 1.82) is 0 Å². The molecular weight excluding hydrogens is 218 g/mol. The van der Waals surface area contributed by atoms with E-state index < -0.39 is 0 Å². The van der Waals surface area contributed by atoms with Crippen molar-refractivity contribution in [1.82, 2.24) is 15.1 Å². The van der Waals surface area contributed by atoms with Crippen LogP contribution in [-0.2, 0) is 0 Å². The Balaban J connectivity index is 2.38. The van der Waals surface area contributed by atoms with Crippen LogP contribution in [0.25, 0.3) is 5.69 Å². The predicted octanol–water partition coefficient (Wildman–Crippen LogP) is 0.915. The lowest BCUT2D eigenvalue weighted by Crippen LogP contribution is -2.23. The molecule has 0 aliphatic heterocycles. The summed E-state index contributed by atoms with van der Waals surface area (Å²) in [7, 11) is 0. The number of carbonyl (C=O) groups excluding carboxylic acids is 1. The number of H-pyrrole nitrogens is 1. The van der Waals surface area contributed by atoms with Crippen molar-refractivity contribution in [2.24, 2.45) is 0 Å². The van der Waals surface area contributed by atoms with Gasteiger partial charge in [-0.15, -0.1) is 0 Å². The van der Waals surface area contributed by atoms with Crippen LogP contribution in [0, 0.1) is 0 Å². The maximum Gasteiger partial charge on any atom is 0.271 e. The van der Waals surface area contributed by atoms with Crippen LogP contribution in [0.2, 0.25) is 0 Å². The monoisotopic (exact) mass is 231 g/mol. The van der Waals surface area contributed by atoms with Crippen LogP contribution < -0.4 is 10.9 Å². The quantitative estimate of drug-likeness (QED) is 0.824. The largest absolute Gasteiger partial charge is 0.351 e. The summed E-state index contributed by atoms with van der Waals surface area (Å²) in [5, 5.41) is 5.41. The first-order valence-electron chi connectivity index (χ1n) is 5.38. The molecule has 0 aliphatic carbocycles. The first kappa shape index (κ1) is 11.2. The van der Waals surface area contributed by atoms with Crippen molar-refractivity contribution in [3.63, 3.8) is 0 Å². The molecule has 1 aromatic carbocycles. The summed E-state index contributed by atoms with van der Waals surface area (Å²) in [6.07, 6.45) is 0. The summed E-state index contributed by atoms with van der Waals surface area (Å²) in [6, 6.07) is 10.4. The van der Waals surface area contributed by atoms with Gasteiger partial charge in [0, 0.05) is 12.6 Å². The molecule has 1 amide bonds. The van der Waals surface area contributed by atoms with Gasteiger partial charge in [0.25, 0.3) is 11.5 Å². The minimum absolute atomic E-state index is 0.252. The summed E-state index contributed by atoms with van der Waals surface area (Å²) in [6.45, 7) is 2.35.